The molecule has 1 amide bonds. The fraction of sp³-hybridized carbons (Fsp3) is 0. The average molecular weight is 324 g/mol. The van der Waals surface area contributed by atoms with Crippen molar-refractivity contribution in [1.29, 1.82) is 0 Å². The number of halogens is 1. The maximum atomic E-state index is 11.5. The Morgan fingerprint density at radius 2 is 1.61 bits per heavy atom. The summed E-state index contributed by atoms with van der Waals surface area (Å²) < 4.78 is 5.83. The quantitative estimate of drug-likeness (QED) is 0.742. The smallest absolute Gasteiger partial charge is 0.252 e. The van der Waals surface area contributed by atoms with Crippen LogP contribution in [0.1, 0.15) is 10.4 Å². The van der Waals surface area contributed by atoms with E-state index in [1.165, 1.54) is 6.07 Å². The van der Waals surface area contributed by atoms with Gasteiger partial charge in [0, 0.05) is 5.02 Å². The number of nitrogens with two attached hydrogens (primary N) is 1. The van der Waals surface area contributed by atoms with E-state index < -0.39 is 5.91 Å². The molecule has 114 valence electrons. The first-order valence-corrected chi connectivity index (χ1v) is 7.44. The van der Waals surface area contributed by atoms with Crippen LogP contribution < -0.4 is 10.5 Å². The largest absolute Gasteiger partial charge is 0.457 e. The van der Waals surface area contributed by atoms with Crippen molar-refractivity contribution in [3.05, 3.63) is 83.4 Å². The van der Waals surface area contributed by atoms with Gasteiger partial charge in [0.1, 0.15) is 11.5 Å². The molecule has 0 aliphatic heterocycles. The van der Waals surface area contributed by atoms with Crippen molar-refractivity contribution in [2.24, 2.45) is 5.73 Å². The van der Waals surface area contributed by atoms with Crippen LogP contribution in [0.4, 0.5) is 0 Å². The summed E-state index contributed by atoms with van der Waals surface area (Å²) in [7, 11) is 0. The van der Waals surface area contributed by atoms with E-state index in [9.17, 15) is 4.79 Å². The lowest BCUT2D eigenvalue weighted by Gasteiger charge is -2.11. The minimum Gasteiger partial charge on any atom is -0.457 e. The molecule has 23 heavy (non-hydrogen) atoms. The molecular formula is C19H14ClNO2. The summed E-state index contributed by atoms with van der Waals surface area (Å²) in [5, 5.41) is 0.434. The van der Waals surface area contributed by atoms with Gasteiger partial charge in [-0.2, -0.15) is 0 Å². The van der Waals surface area contributed by atoms with Crippen molar-refractivity contribution in [3.8, 4) is 22.6 Å². The molecule has 0 radical (unpaired) electrons. The Kier molecular flexibility index (Phi) is 4.31. The number of carbonyl (C=O) groups excluding carboxylic acids is 1. The minimum absolute atomic E-state index is 0.252. The molecule has 4 heteroatoms. The molecule has 0 aliphatic rings. The Morgan fingerprint density at radius 1 is 0.870 bits per heavy atom. The minimum atomic E-state index is -0.582. The second-order valence-electron chi connectivity index (χ2n) is 5.00. The zero-order valence-electron chi connectivity index (χ0n) is 12.2. The van der Waals surface area contributed by atoms with Gasteiger partial charge >= 0.3 is 0 Å². The molecule has 3 rings (SSSR count). The molecule has 0 atom stereocenters. The maximum Gasteiger partial charge on any atom is 0.252 e. The van der Waals surface area contributed by atoms with Crippen LogP contribution in [0, 0.1) is 0 Å². The Labute approximate surface area is 139 Å². The van der Waals surface area contributed by atoms with Crippen LogP contribution in [0.25, 0.3) is 11.1 Å². The molecule has 0 bridgehead atoms. The number of primary amides is 1. The fourth-order valence-electron chi connectivity index (χ4n) is 2.28. The molecule has 3 nitrogen and oxygen atoms in total. The van der Waals surface area contributed by atoms with Gasteiger partial charge in [-0.1, -0.05) is 54.1 Å². The highest BCUT2D eigenvalue weighted by Crippen LogP contribution is 2.30. The number of ether oxygens (including phenoxy) is 1. The van der Waals surface area contributed by atoms with Gasteiger partial charge in [0.15, 0.2) is 0 Å². The summed E-state index contributed by atoms with van der Waals surface area (Å²) >= 11 is 5.91. The molecule has 0 unspecified atom stereocenters. The van der Waals surface area contributed by atoms with Gasteiger partial charge in [0.25, 0.3) is 5.91 Å². The SMILES string of the molecule is NC(=O)c1cc(Cl)ccc1Oc1cccc(-c2ccccc2)c1. The van der Waals surface area contributed by atoms with E-state index in [4.69, 9.17) is 22.1 Å². The van der Waals surface area contributed by atoms with Gasteiger partial charge in [0.05, 0.1) is 5.56 Å². The van der Waals surface area contributed by atoms with Crippen molar-refractivity contribution in [1.82, 2.24) is 0 Å². The first kappa shape index (κ1) is 15.1. The Bertz CT molecular complexity index is 847. The number of rotatable bonds is 4. The van der Waals surface area contributed by atoms with Crippen LogP contribution >= 0.6 is 11.6 Å². The highest BCUT2D eigenvalue weighted by Gasteiger charge is 2.11. The number of carbonyl (C=O) groups is 1. The van der Waals surface area contributed by atoms with E-state index >= 15 is 0 Å². The third kappa shape index (κ3) is 3.52. The average Bonchev–Trinajstić information content (AvgIpc) is 2.57. The predicted molar refractivity (Wildman–Crippen MR) is 91.9 cm³/mol. The zero-order valence-corrected chi connectivity index (χ0v) is 13.0. The second kappa shape index (κ2) is 6.55. The number of hydrogen-bond donors (Lipinski definition) is 1. The summed E-state index contributed by atoms with van der Waals surface area (Å²) in [5.41, 5.74) is 7.75. The molecular weight excluding hydrogens is 310 g/mol. The van der Waals surface area contributed by atoms with Crippen LogP contribution in [0.2, 0.25) is 5.02 Å². The molecule has 0 aliphatic carbocycles. The molecule has 0 spiro atoms. The molecule has 2 N–H and O–H groups in total. The molecule has 0 aromatic heterocycles. The van der Waals surface area contributed by atoms with Crippen LogP contribution in [-0.4, -0.2) is 5.91 Å². The third-order valence-corrected chi connectivity index (χ3v) is 3.61. The first-order chi connectivity index (χ1) is 11.1. The van der Waals surface area contributed by atoms with Crippen LogP contribution in [0.3, 0.4) is 0 Å². The monoisotopic (exact) mass is 323 g/mol. The van der Waals surface area contributed by atoms with Crippen molar-refractivity contribution in [2.75, 3.05) is 0 Å². The number of amides is 1. The molecule has 0 saturated heterocycles. The van der Waals surface area contributed by atoms with E-state index in [0.717, 1.165) is 11.1 Å². The van der Waals surface area contributed by atoms with Gasteiger partial charge < -0.3 is 10.5 Å². The lowest BCUT2D eigenvalue weighted by Crippen LogP contribution is -2.12. The van der Waals surface area contributed by atoms with E-state index in [0.29, 0.717) is 16.5 Å². The molecule has 0 saturated carbocycles. The fourth-order valence-corrected chi connectivity index (χ4v) is 2.45. The van der Waals surface area contributed by atoms with E-state index in [1.807, 2.05) is 54.6 Å². The van der Waals surface area contributed by atoms with Crippen LogP contribution in [0.15, 0.2) is 72.8 Å². The Morgan fingerprint density at radius 3 is 2.35 bits per heavy atom. The summed E-state index contributed by atoms with van der Waals surface area (Å²) in [4.78, 5) is 11.5. The Balaban J connectivity index is 1.94. The van der Waals surface area contributed by atoms with Gasteiger partial charge in [-0.15, -0.1) is 0 Å². The van der Waals surface area contributed by atoms with Gasteiger partial charge in [0.2, 0.25) is 0 Å². The molecule has 0 fully saturated rings. The normalized spacial score (nSPS) is 10.3. The number of hydrogen-bond acceptors (Lipinski definition) is 2. The Hall–Kier alpha value is -2.78. The summed E-state index contributed by atoms with van der Waals surface area (Å²) in [5.74, 6) is 0.421. The summed E-state index contributed by atoms with van der Waals surface area (Å²) in [6.07, 6.45) is 0. The highest BCUT2D eigenvalue weighted by atomic mass is 35.5. The zero-order chi connectivity index (χ0) is 16.2. The van der Waals surface area contributed by atoms with Crippen LogP contribution in [0.5, 0.6) is 11.5 Å². The van der Waals surface area contributed by atoms with Crippen molar-refractivity contribution < 1.29 is 9.53 Å². The predicted octanol–water partition coefficient (Wildman–Crippen LogP) is 4.90. The molecule has 0 heterocycles. The van der Waals surface area contributed by atoms with Gasteiger partial charge in [-0.3, -0.25) is 4.79 Å². The van der Waals surface area contributed by atoms with E-state index in [1.54, 1.807) is 12.1 Å². The molecule has 3 aromatic rings. The first-order valence-electron chi connectivity index (χ1n) is 7.06. The lowest BCUT2D eigenvalue weighted by atomic mass is 10.1. The summed E-state index contributed by atoms with van der Waals surface area (Å²) in [6.45, 7) is 0. The lowest BCUT2D eigenvalue weighted by molar-refractivity contribution is 0.0998. The van der Waals surface area contributed by atoms with E-state index in [2.05, 4.69) is 0 Å². The van der Waals surface area contributed by atoms with Crippen LogP contribution in [-0.2, 0) is 0 Å². The second-order valence-corrected chi connectivity index (χ2v) is 5.44. The van der Waals surface area contributed by atoms with Gasteiger partial charge in [-0.25, -0.2) is 0 Å². The summed E-state index contributed by atoms with van der Waals surface area (Å²) in [6, 6.07) is 22.4. The topological polar surface area (TPSA) is 52.3 Å². The molecule has 3 aromatic carbocycles. The standard InChI is InChI=1S/C19H14ClNO2/c20-15-9-10-18(17(12-15)19(21)22)23-16-8-4-7-14(11-16)13-5-2-1-3-6-13/h1-12H,(H2,21,22). The van der Waals surface area contributed by atoms with Crippen molar-refractivity contribution in [2.45, 2.75) is 0 Å². The van der Waals surface area contributed by atoms with Gasteiger partial charge in [-0.05, 0) is 41.5 Å². The van der Waals surface area contributed by atoms with E-state index in [-0.39, 0.29) is 5.56 Å². The number of benzene rings is 3. The highest BCUT2D eigenvalue weighted by molar-refractivity contribution is 6.31. The third-order valence-electron chi connectivity index (χ3n) is 3.38. The maximum absolute atomic E-state index is 11.5. The van der Waals surface area contributed by atoms with Crippen molar-refractivity contribution in [3.63, 3.8) is 0 Å². The van der Waals surface area contributed by atoms with Crippen molar-refractivity contribution >= 4 is 17.5 Å².